The number of benzene rings is 2. The van der Waals surface area contributed by atoms with E-state index in [1.54, 1.807) is 12.1 Å². The summed E-state index contributed by atoms with van der Waals surface area (Å²) in [6.07, 6.45) is 1.01. The first-order chi connectivity index (χ1) is 15.0. The number of carbonyl (C=O) groups excluding carboxylic acids is 2. The fourth-order valence-corrected chi connectivity index (χ4v) is 3.97. The monoisotopic (exact) mass is 464 g/mol. The number of anilines is 1. The van der Waals surface area contributed by atoms with Crippen molar-refractivity contribution in [2.24, 2.45) is 0 Å². The smallest absolute Gasteiger partial charge is 0.336 e. The standard InChI is InChI=1S/C21H24N2O8S/c1-12(24)22-15-7-5-6-14(21(26)27)19(15)20(25)23-16(11-32(4,28)29)13-8-9-17(30-2)18(10-13)31-3/h5-10,16H,11H2,1-4H3,(H,22,24)(H,23,25)(H,26,27)/t16-/m1/s1. The lowest BCUT2D eigenvalue weighted by atomic mass is 10.0. The molecule has 2 rings (SSSR count). The van der Waals surface area contributed by atoms with Crippen LogP contribution >= 0.6 is 0 Å². The van der Waals surface area contributed by atoms with Gasteiger partial charge in [-0.1, -0.05) is 12.1 Å². The zero-order valence-electron chi connectivity index (χ0n) is 18.0. The molecule has 10 nitrogen and oxygen atoms in total. The van der Waals surface area contributed by atoms with Crippen LogP contribution in [0.4, 0.5) is 5.69 Å². The van der Waals surface area contributed by atoms with Gasteiger partial charge in [0.15, 0.2) is 11.5 Å². The van der Waals surface area contributed by atoms with Crippen LogP contribution in [0.15, 0.2) is 36.4 Å². The molecule has 0 fully saturated rings. The minimum Gasteiger partial charge on any atom is -0.493 e. The second-order valence-electron chi connectivity index (χ2n) is 6.95. The van der Waals surface area contributed by atoms with Crippen molar-refractivity contribution in [2.45, 2.75) is 13.0 Å². The first-order valence-corrected chi connectivity index (χ1v) is 11.4. The zero-order valence-corrected chi connectivity index (χ0v) is 18.8. The largest absolute Gasteiger partial charge is 0.493 e. The van der Waals surface area contributed by atoms with Gasteiger partial charge in [-0.25, -0.2) is 13.2 Å². The van der Waals surface area contributed by atoms with Gasteiger partial charge in [0.25, 0.3) is 5.91 Å². The van der Waals surface area contributed by atoms with Crippen LogP contribution in [0.25, 0.3) is 0 Å². The molecule has 0 aliphatic rings. The van der Waals surface area contributed by atoms with Crippen LogP contribution in [0.3, 0.4) is 0 Å². The average molecular weight is 464 g/mol. The molecule has 0 unspecified atom stereocenters. The van der Waals surface area contributed by atoms with E-state index in [9.17, 15) is 27.9 Å². The lowest BCUT2D eigenvalue weighted by Crippen LogP contribution is -2.34. The van der Waals surface area contributed by atoms with Crippen LogP contribution in [-0.2, 0) is 14.6 Å². The second-order valence-corrected chi connectivity index (χ2v) is 9.13. The van der Waals surface area contributed by atoms with Crippen molar-refractivity contribution >= 4 is 33.3 Å². The van der Waals surface area contributed by atoms with Crippen molar-refractivity contribution in [3.05, 3.63) is 53.1 Å². The second kappa shape index (κ2) is 10.1. The van der Waals surface area contributed by atoms with Crippen LogP contribution in [0.2, 0.25) is 0 Å². The Bertz CT molecular complexity index is 1140. The summed E-state index contributed by atoms with van der Waals surface area (Å²) in [7, 11) is -0.708. The number of aromatic carboxylic acids is 1. The first kappa shape index (κ1) is 24.7. The number of carboxylic acids is 1. The van der Waals surface area contributed by atoms with Crippen LogP contribution in [0.5, 0.6) is 11.5 Å². The molecule has 0 aliphatic carbocycles. The van der Waals surface area contributed by atoms with Crippen molar-refractivity contribution in [2.75, 3.05) is 31.5 Å². The van der Waals surface area contributed by atoms with Crippen LogP contribution < -0.4 is 20.1 Å². The number of hydrogen-bond donors (Lipinski definition) is 3. The van der Waals surface area contributed by atoms with Crippen LogP contribution in [0.1, 0.15) is 39.2 Å². The van der Waals surface area contributed by atoms with E-state index >= 15 is 0 Å². The Kier molecular flexibility index (Phi) is 7.82. The maximum Gasteiger partial charge on any atom is 0.336 e. The predicted molar refractivity (Wildman–Crippen MR) is 117 cm³/mol. The Morgan fingerprint density at radius 3 is 2.25 bits per heavy atom. The van der Waals surface area contributed by atoms with Gasteiger partial charge < -0.3 is 25.2 Å². The molecule has 3 N–H and O–H groups in total. The summed E-state index contributed by atoms with van der Waals surface area (Å²) in [6.45, 7) is 1.21. The highest BCUT2D eigenvalue weighted by atomic mass is 32.2. The molecular formula is C21H24N2O8S. The third kappa shape index (κ3) is 6.20. The number of sulfone groups is 1. The van der Waals surface area contributed by atoms with E-state index in [2.05, 4.69) is 10.6 Å². The summed E-state index contributed by atoms with van der Waals surface area (Å²) >= 11 is 0. The lowest BCUT2D eigenvalue weighted by molar-refractivity contribution is -0.114. The Labute approximate surface area is 185 Å². The fourth-order valence-electron chi connectivity index (χ4n) is 3.09. The van der Waals surface area contributed by atoms with Crippen molar-refractivity contribution in [3.8, 4) is 11.5 Å². The number of carbonyl (C=O) groups is 3. The molecule has 11 heteroatoms. The van der Waals surface area contributed by atoms with E-state index < -0.39 is 39.4 Å². The molecule has 0 aliphatic heterocycles. The molecule has 0 aromatic heterocycles. The van der Waals surface area contributed by atoms with Gasteiger partial charge in [-0.05, 0) is 29.8 Å². The third-order valence-electron chi connectivity index (χ3n) is 4.42. The van der Waals surface area contributed by atoms with Crippen LogP contribution in [-0.4, -0.2) is 57.5 Å². The highest BCUT2D eigenvalue weighted by Gasteiger charge is 2.26. The number of methoxy groups -OCH3 is 2. The summed E-state index contributed by atoms with van der Waals surface area (Å²) in [5.74, 6) is -2.48. The van der Waals surface area contributed by atoms with Crippen LogP contribution in [0, 0.1) is 0 Å². The molecule has 32 heavy (non-hydrogen) atoms. The lowest BCUT2D eigenvalue weighted by Gasteiger charge is -2.21. The molecule has 1 atom stereocenters. The number of ether oxygens (including phenoxy) is 2. The number of hydrogen-bond acceptors (Lipinski definition) is 7. The number of carboxylic acid groups (broad SMARTS) is 1. The molecule has 0 heterocycles. The maximum atomic E-state index is 13.1. The molecule has 2 amide bonds. The highest BCUT2D eigenvalue weighted by Crippen LogP contribution is 2.31. The van der Waals surface area contributed by atoms with Gasteiger partial charge in [0, 0.05) is 13.2 Å². The van der Waals surface area contributed by atoms with E-state index in [0.29, 0.717) is 17.1 Å². The fraction of sp³-hybridized carbons (Fsp3) is 0.286. The van der Waals surface area contributed by atoms with E-state index in [-0.39, 0.29) is 16.8 Å². The highest BCUT2D eigenvalue weighted by molar-refractivity contribution is 7.90. The Hall–Kier alpha value is -3.60. The predicted octanol–water partition coefficient (Wildman–Crippen LogP) is 1.88. The van der Waals surface area contributed by atoms with Gasteiger partial charge in [-0.15, -0.1) is 0 Å². The topological polar surface area (TPSA) is 148 Å². The van der Waals surface area contributed by atoms with Crippen molar-refractivity contribution < 1.29 is 37.4 Å². The van der Waals surface area contributed by atoms with Gasteiger partial charge in [-0.2, -0.15) is 0 Å². The molecule has 0 saturated carbocycles. The van der Waals surface area contributed by atoms with E-state index in [1.807, 2.05) is 0 Å². The number of nitrogens with one attached hydrogen (secondary N) is 2. The molecule has 0 saturated heterocycles. The quantitative estimate of drug-likeness (QED) is 0.509. The molecule has 0 spiro atoms. The Morgan fingerprint density at radius 1 is 1.06 bits per heavy atom. The summed E-state index contributed by atoms with van der Waals surface area (Å²) in [4.78, 5) is 36.4. The minimum atomic E-state index is -3.56. The molecule has 172 valence electrons. The average Bonchev–Trinajstić information content (AvgIpc) is 2.70. The number of rotatable bonds is 9. The van der Waals surface area contributed by atoms with Gasteiger partial charge in [0.05, 0.1) is 42.8 Å². The van der Waals surface area contributed by atoms with E-state index in [1.165, 1.54) is 45.4 Å². The molecular weight excluding hydrogens is 440 g/mol. The Morgan fingerprint density at radius 2 is 1.72 bits per heavy atom. The summed E-state index contributed by atoms with van der Waals surface area (Å²) in [5.41, 5.74) is -0.260. The van der Waals surface area contributed by atoms with E-state index in [4.69, 9.17) is 9.47 Å². The normalized spacial score (nSPS) is 11.9. The summed E-state index contributed by atoms with van der Waals surface area (Å²) < 4.78 is 34.5. The summed E-state index contributed by atoms with van der Waals surface area (Å²) in [6, 6.07) is 7.58. The zero-order chi connectivity index (χ0) is 24.1. The van der Waals surface area contributed by atoms with Gasteiger partial charge >= 0.3 is 5.97 Å². The maximum absolute atomic E-state index is 13.1. The molecule has 2 aromatic rings. The Balaban J connectivity index is 2.55. The minimum absolute atomic E-state index is 0.0136. The summed E-state index contributed by atoms with van der Waals surface area (Å²) in [5, 5.41) is 14.5. The van der Waals surface area contributed by atoms with Gasteiger partial charge in [-0.3, -0.25) is 9.59 Å². The molecule has 0 bridgehead atoms. The van der Waals surface area contributed by atoms with Gasteiger partial charge in [0.1, 0.15) is 9.84 Å². The SMILES string of the molecule is COc1ccc([C@@H](CS(C)(=O)=O)NC(=O)c2c(NC(C)=O)cccc2C(=O)O)cc1OC. The third-order valence-corrected chi connectivity index (χ3v) is 5.36. The van der Waals surface area contributed by atoms with Gasteiger partial charge in [0.2, 0.25) is 5.91 Å². The van der Waals surface area contributed by atoms with Crippen molar-refractivity contribution in [1.82, 2.24) is 5.32 Å². The molecule has 2 aromatic carbocycles. The molecule has 0 radical (unpaired) electrons. The first-order valence-electron chi connectivity index (χ1n) is 9.31. The van der Waals surface area contributed by atoms with E-state index in [0.717, 1.165) is 6.26 Å². The number of amides is 2. The van der Waals surface area contributed by atoms with Crippen molar-refractivity contribution in [3.63, 3.8) is 0 Å². The van der Waals surface area contributed by atoms with Crippen molar-refractivity contribution in [1.29, 1.82) is 0 Å².